The van der Waals surface area contributed by atoms with Gasteiger partial charge in [0.2, 0.25) is 5.54 Å². The second-order valence-corrected chi connectivity index (χ2v) is 5.52. The van der Waals surface area contributed by atoms with E-state index in [1.54, 1.807) is 0 Å². The molecule has 0 saturated carbocycles. The fourth-order valence-corrected chi connectivity index (χ4v) is 3.11. The lowest BCUT2D eigenvalue weighted by Gasteiger charge is -2.24. The highest BCUT2D eigenvalue weighted by Gasteiger charge is 2.41. The minimum Gasteiger partial charge on any atom is -0.361 e. The van der Waals surface area contributed by atoms with Crippen LogP contribution in [0.25, 0.3) is 10.9 Å². The van der Waals surface area contributed by atoms with Crippen LogP contribution in [0.1, 0.15) is 45.1 Å². The largest absolute Gasteiger partial charge is 0.361 e. The van der Waals surface area contributed by atoms with E-state index in [4.69, 9.17) is 0 Å². The number of hydrogen-bond acceptors (Lipinski definition) is 2. The summed E-state index contributed by atoms with van der Waals surface area (Å²) in [5, 5.41) is 12.8. The van der Waals surface area contributed by atoms with Crippen molar-refractivity contribution < 1.29 is 4.92 Å². The third-order valence-electron chi connectivity index (χ3n) is 4.01. The maximum Gasteiger partial charge on any atom is 0.226 e. The van der Waals surface area contributed by atoms with Gasteiger partial charge >= 0.3 is 0 Å². The van der Waals surface area contributed by atoms with Gasteiger partial charge in [-0.2, -0.15) is 0 Å². The van der Waals surface area contributed by atoms with E-state index in [-0.39, 0.29) is 4.92 Å². The Balaban J connectivity index is 2.38. The van der Waals surface area contributed by atoms with Gasteiger partial charge in [0.1, 0.15) is 0 Å². The molecule has 1 aromatic heterocycles. The summed E-state index contributed by atoms with van der Waals surface area (Å²) in [5.74, 6) is 0. The van der Waals surface area contributed by atoms with Gasteiger partial charge in [-0.05, 0) is 24.5 Å². The zero-order chi connectivity index (χ0) is 14.6. The third-order valence-corrected chi connectivity index (χ3v) is 4.01. The summed E-state index contributed by atoms with van der Waals surface area (Å²) in [6, 6.07) is 7.99. The Morgan fingerprint density at radius 1 is 1.20 bits per heavy atom. The molecule has 0 aliphatic carbocycles. The molecule has 2 rings (SSSR count). The van der Waals surface area contributed by atoms with Crippen molar-refractivity contribution in [1.82, 2.24) is 4.98 Å². The van der Waals surface area contributed by atoms with Gasteiger partial charge in [-0.25, -0.2) is 0 Å². The van der Waals surface area contributed by atoms with Crippen molar-refractivity contribution in [2.45, 2.75) is 51.5 Å². The van der Waals surface area contributed by atoms with Crippen molar-refractivity contribution in [3.8, 4) is 0 Å². The van der Waals surface area contributed by atoms with Gasteiger partial charge in [0.25, 0.3) is 0 Å². The highest BCUT2D eigenvalue weighted by atomic mass is 16.6. The molecular formula is C16H22N2O2. The van der Waals surface area contributed by atoms with Crippen molar-refractivity contribution in [3.05, 3.63) is 46.1 Å². The minimum absolute atomic E-state index is 0.0538. The third kappa shape index (κ3) is 2.69. The number of rotatable bonds is 7. The van der Waals surface area contributed by atoms with Gasteiger partial charge in [0, 0.05) is 41.3 Å². The van der Waals surface area contributed by atoms with Crippen LogP contribution in [0.5, 0.6) is 0 Å². The summed E-state index contributed by atoms with van der Waals surface area (Å²) in [4.78, 5) is 14.8. The normalized spacial score (nSPS) is 11.9. The number of H-pyrrole nitrogens is 1. The highest BCUT2D eigenvalue weighted by Crippen LogP contribution is 2.31. The first-order chi connectivity index (χ1) is 9.63. The number of aromatic amines is 1. The first-order valence-corrected chi connectivity index (χ1v) is 7.32. The van der Waals surface area contributed by atoms with Gasteiger partial charge in [0.15, 0.2) is 0 Å². The maximum absolute atomic E-state index is 11.7. The molecule has 0 bridgehead atoms. The average molecular weight is 274 g/mol. The Morgan fingerprint density at radius 2 is 1.85 bits per heavy atom. The average Bonchev–Trinajstić information content (AvgIpc) is 2.82. The molecule has 108 valence electrons. The monoisotopic (exact) mass is 274 g/mol. The molecule has 1 N–H and O–H groups in total. The van der Waals surface area contributed by atoms with Gasteiger partial charge in [-0.15, -0.1) is 0 Å². The number of nitrogens with one attached hydrogen (secondary N) is 1. The van der Waals surface area contributed by atoms with Crippen LogP contribution >= 0.6 is 0 Å². The van der Waals surface area contributed by atoms with Crippen LogP contribution in [-0.2, 0) is 6.42 Å². The summed E-state index contributed by atoms with van der Waals surface area (Å²) in [7, 11) is 0. The Kier molecular flexibility index (Phi) is 4.42. The molecule has 0 amide bonds. The van der Waals surface area contributed by atoms with Crippen LogP contribution < -0.4 is 0 Å². The van der Waals surface area contributed by atoms with Crippen LogP contribution in [0.3, 0.4) is 0 Å². The first kappa shape index (κ1) is 14.6. The summed E-state index contributed by atoms with van der Waals surface area (Å²) in [6.07, 6.45) is 5.37. The first-order valence-electron chi connectivity index (χ1n) is 7.32. The van der Waals surface area contributed by atoms with E-state index < -0.39 is 5.54 Å². The number of nitrogens with zero attached hydrogens (tertiary/aromatic N) is 1. The van der Waals surface area contributed by atoms with Crippen LogP contribution in [0.2, 0.25) is 0 Å². The molecule has 0 fully saturated rings. The van der Waals surface area contributed by atoms with Crippen molar-refractivity contribution in [2.75, 3.05) is 0 Å². The molecular weight excluding hydrogens is 252 g/mol. The molecule has 1 heterocycles. The molecule has 1 aromatic carbocycles. The summed E-state index contributed by atoms with van der Waals surface area (Å²) >= 11 is 0. The maximum atomic E-state index is 11.7. The molecule has 0 radical (unpaired) electrons. The SMILES string of the molecule is CCCC(CCC)(Cc1c[nH]c2ccccc12)[N+](=O)[O-]. The van der Waals surface area contributed by atoms with E-state index in [0.717, 1.165) is 29.3 Å². The van der Waals surface area contributed by atoms with E-state index in [1.807, 2.05) is 44.3 Å². The van der Waals surface area contributed by atoms with Gasteiger partial charge in [0.05, 0.1) is 0 Å². The number of para-hydroxylation sites is 1. The van der Waals surface area contributed by atoms with Crippen molar-refractivity contribution >= 4 is 10.9 Å². The Hall–Kier alpha value is -1.84. The molecule has 0 aliphatic rings. The van der Waals surface area contributed by atoms with Gasteiger partial charge in [-0.1, -0.05) is 32.0 Å². The number of aromatic nitrogens is 1. The predicted molar refractivity (Wildman–Crippen MR) is 81.5 cm³/mol. The van der Waals surface area contributed by atoms with Crippen molar-refractivity contribution in [3.63, 3.8) is 0 Å². The van der Waals surface area contributed by atoms with E-state index in [0.29, 0.717) is 19.3 Å². The number of benzene rings is 1. The molecule has 20 heavy (non-hydrogen) atoms. The molecule has 4 heteroatoms. The highest BCUT2D eigenvalue weighted by molar-refractivity contribution is 5.83. The van der Waals surface area contributed by atoms with Crippen LogP contribution in [0.4, 0.5) is 0 Å². The van der Waals surface area contributed by atoms with E-state index in [2.05, 4.69) is 4.98 Å². The van der Waals surface area contributed by atoms with E-state index in [1.165, 1.54) is 0 Å². The lowest BCUT2D eigenvalue weighted by atomic mass is 9.83. The molecule has 0 spiro atoms. The lowest BCUT2D eigenvalue weighted by Crippen LogP contribution is -2.40. The predicted octanol–water partition coefficient (Wildman–Crippen LogP) is 4.33. The second-order valence-electron chi connectivity index (χ2n) is 5.52. The van der Waals surface area contributed by atoms with Crippen molar-refractivity contribution in [2.24, 2.45) is 0 Å². The van der Waals surface area contributed by atoms with E-state index >= 15 is 0 Å². The van der Waals surface area contributed by atoms with Crippen LogP contribution in [-0.4, -0.2) is 15.4 Å². The Bertz CT molecular complexity index is 583. The fraction of sp³-hybridized carbons (Fsp3) is 0.500. The topological polar surface area (TPSA) is 58.9 Å². The number of nitro groups is 1. The van der Waals surface area contributed by atoms with Crippen LogP contribution in [0.15, 0.2) is 30.5 Å². The number of hydrogen-bond donors (Lipinski definition) is 1. The Morgan fingerprint density at radius 3 is 2.45 bits per heavy atom. The summed E-state index contributed by atoms with van der Waals surface area (Å²) in [6.45, 7) is 4.03. The Labute approximate surface area is 119 Å². The van der Waals surface area contributed by atoms with Gasteiger partial charge < -0.3 is 4.98 Å². The molecule has 4 nitrogen and oxygen atoms in total. The van der Waals surface area contributed by atoms with Gasteiger partial charge in [-0.3, -0.25) is 10.1 Å². The standard InChI is InChI=1S/C16H22N2O2/c1-3-9-16(10-4-2,18(19)20)11-13-12-17-15-8-6-5-7-14(13)15/h5-8,12,17H,3-4,9-11H2,1-2H3. The van der Waals surface area contributed by atoms with E-state index in [9.17, 15) is 10.1 Å². The van der Waals surface area contributed by atoms with Crippen molar-refractivity contribution in [1.29, 1.82) is 0 Å². The molecule has 0 unspecified atom stereocenters. The summed E-state index contributed by atoms with van der Waals surface area (Å²) < 4.78 is 0. The minimum atomic E-state index is -0.825. The van der Waals surface area contributed by atoms with Crippen LogP contribution in [0, 0.1) is 10.1 Å². The zero-order valence-corrected chi connectivity index (χ0v) is 12.2. The zero-order valence-electron chi connectivity index (χ0n) is 12.2. The summed E-state index contributed by atoms with van der Waals surface area (Å²) in [5.41, 5.74) is 1.28. The fourth-order valence-electron chi connectivity index (χ4n) is 3.11. The molecule has 0 atom stereocenters. The number of fused-ring (bicyclic) bond motifs is 1. The second kappa shape index (κ2) is 6.07. The molecule has 0 aliphatic heterocycles. The molecule has 0 saturated heterocycles. The molecule has 2 aromatic rings. The quantitative estimate of drug-likeness (QED) is 0.603. The smallest absolute Gasteiger partial charge is 0.226 e. The lowest BCUT2D eigenvalue weighted by molar-refractivity contribution is -0.572.